The van der Waals surface area contributed by atoms with Gasteiger partial charge in [-0.15, -0.1) is 0 Å². The minimum Gasteiger partial charge on any atom is -0.340 e. The number of hydrogen-bond acceptors (Lipinski definition) is 4. The van der Waals surface area contributed by atoms with Gasteiger partial charge in [0, 0.05) is 24.7 Å². The Bertz CT molecular complexity index is 714. The van der Waals surface area contributed by atoms with Crippen molar-refractivity contribution in [2.45, 2.75) is 32.9 Å². The molecule has 0 atom stereocenters. The van der Waals surface area contributed by atoms with E-state index in [1.165, 1.54) is 5.39 Å². The van der Waals surface area contributed by atoms with E-state index in [0.717, 1.165) is 23.9 Å². The van der Waals surface area contributed by atoms with E-state index in [9.17, 15) is 0 Å². The van der Waals surface area contributed by atoms with Gasteiger partial charge in [-0.05, 0) is 29.5 Å². The molecule has 0 saturated heterocycles. The zero-order valence-corrected chi connectivity index (χ0v) is 11.5. The zero-order valence-electron chi connectivity index (χ0n) is 11.5. The quantitative estimate of drug-likeness (QED) is 0.773. The summed E-state index contributed by atoms with van der Waals surface area (Å²) in [6.45, 7) is 3.26. The van der Waals surface area contributed by atoms with Crippen molar-refractivity contribution >= 4 is 10.9 Å². The summed E-state index contributed by atoms with van der Waals surface area (Å²) in [6, 6.07) is 8.35. The van der Waals surface area contributed by atoms with Crippen molar-refractivity contribution in [3.63, 3.8) is 0 Å². The smallest absolute Gasteiger partial charge is 0.226 e. The Morgan fingerprint density at radius 2 is 2.20 bits per heavy atom. The van der Waals surface area contributed by atoms with Crippen LogP contribution in [0.5, 0.6) is 0 Å². The van der Waals surface area contributed by atoms with Gasteiger partial charge in [0.05, 0.1) is 6.54 Å². The SMILES string of the molecule is CCCc1nc(Cn2ccc3ccc(CN)cc32)no1. The molecule has 0 bridgehead atoms. The molecule has 0 fully saturated rings. The van der Waals surface area contributed by atoms with Gasteiger partial charge < -0.3 is 14.8 Å². The van der Waals surface area contributed by atoms with Gasteiger partial charge in [-0.3, -0.25) is 0 Å². The standard InChI is InChI=1S/C15H18N4O/c1-2-3-15-17-14(18-20-15)10-19-7-6-12-5-4-11(9-16)8-13(12)19/h4-8H,2-3,9-10,16H2,1H3. The third-order valence-electron chi connectivity index (χ3n) is 3.36. The molecule has 0 aliphatic carbocycles. The van der Waals surface area contributed by atoms with Crippen molar-refractivity contribution in [1.82, 2.24) is 14.7 Å². The molecular weight excluding hydrogens is 252 g/mol. The molecule has 20 heavy (non-hydrogen) atoms. The summed E-state index contributed by atoms with van der Waals surface area (Å²) >= 11 is 0. The highest BCUT2D eigenvalue weighted by Crippen LogP contribution is 2.18. The third kappa shape index (κ3) is 2.44. The second-order valence-corrected chi connectivity index (χ2v) is 4.90. The van der Waals surface area contributed by atoms with Gasteiger partial charge in [0.2, 0.25) is 5.89 Å². The lowest BCUT2D eigenvalue weighted by Crippen LogP contribution is -2.01. The number of aryl methyl sites for hydroxylation is 1. The average molecular weight is 270 g/mol. The van der Waals surface area contributed by atoms with Gasteiger partial charge >= 0.3 is 0 Å². The molecule has 0 aliphatic heterocycles. The Hall–Kier alpha value is -2.14. The Balaban J connectivity index is 1.89. The van der Waals surface area contributed by atoms with Crippen LogP contribution in [0.4, 0.5) is 0 Å². The van der Waals surface area contributed by atoms with E-state index in [1.54, 1.807) is 0 Å². The highest BCUT2D eigenvalue weighted by molar-refractivity contribution is 5.80. The van der Waals surface area contributed by atoms with Crippen LogP contribution in [0.15, 0.2) is 35.0 Å². The highest BCUT2D eigenvalue weighted by atomic mass is 16.5. The summed E-state index contributed by atoms with van der Waals surface area (Å²) in [5.74, 6) is 1.42. The fraction of sp³-hybridized carbons (Fsp3) is 0.333. The molecule has 3 rings (SSSR count). The first-order valence-electron chi connectivity index (χ1n) is 6.89. The van der Waals surface area contributed by atoms with Gasteiger partial charge in [0.1, 0.15) is 0 Å². The van der Waals surface area contributed by atoms with Gasteiger partial charge in [-0.2, -0.15) is 4.98 Å². The van der Waals surface area contributed by atoms with Gasteiger partial charge in [-0.1, -0.05) is 24.2 Å². The van der Waals surface area contributed by atoms with E-state index in [2.05, 4.69) is 45.9 Å². The van der Waals surface area contributed by atoms with E-state index >= 15 is 0 Å². The maximum absolute atomic E-state index is 5.70. The van der Waals surface area contributed by atoms with Crippen molar-refractivity contribution < 1.29 is 4.52 Å². The predicted molar refractivity (Wildman–Crippen MR) is 77.2 cm³/mol. The molecule has 0 radical (unpaired) electrons. The van der Waals surface area contributed by atoms with Crippen molar-refractivity contribution in [1.29, 1.82) is 0 Å². The molecule has 0 amide bonds. The lowest BCUT2D eigenvalue weighted by molar-refractivity contribution is 0.371. The molecule has 0 saturated carbocycles. The normalized spacial score (nSPS) is 11.3. The topological polar surface area (TPSA) is 69.9 Å². The summed E-state index contributed by atoms with van der Waals surface area (Å²) in [7, 11) is 0. The molecular formula is C15H18N4O. The van der Waals surface area contributed by atoms with E-state index in [-0.39, 0.29) is 0 Å². The Morgan fingerprint density at radius 3 is 3.00 bits per heavy atom. The van der Waals surface area contributed by atoms with E-state index in [0.29, 0.717) is 24.8 Å². The molecule has 2 heterocycles. The number of aromatic nitrogens is 3. The predicted octanol–water partition coefficient (Wildman–Crippen LogP) is 2.48. The lowest BCUT2D eigenvalue weighted by Gasteiger charge is -2.03. The first-order chi connectivity index (χ1) is 9.80. The number of hydrogen-bond donors (Lipinski definition) is 1. The summed E-state index contributed by atoms with van der Waals surface area (Å²) in [6.07, 6.45) is 3.88. The average Bonchev–Trinajstić information content (AvgIpc) is 3.07. The number of nitrogens with zero attached hydrogens (tertiary/aromatic N) is 3. The Morgan fingerprint density at radius 1 is 1.30 bits per heavy atom. The van der Waals surface area contributed by atoms with Crippen LogP contribution in [0.3, 0.4) is 0 Å². The fourth-order valence-electron chi connectivity index (χ4n) is 2.32. The molecule has 5 nitrogen and oxygen atoms in total. The molecule has 0 spiro atoms. The second-order valence-electron chi connectivity index (χ2n) is 4.90. The third-order valence-corrected chi connectivity index (χ3v) is 3.36. The van der Waals surface area contributed by atoms with Crippen molar-refractivity contribution in [3.05, 3.63) is 47.7 Å². The molecule has 2 aromatic heterocycles. The Kier molecular flexibility index (Phi) is 3.52. The first kappa shape index (κ1) is 12.9. The summed E-state index contributed by atoms with van der Waals surface area (Å²) in [5.41, 5.74) is 7.97. The van der Waals surface area contributed by atoms with E-state index in [4.69, 9.17) is 10.3 Å². The maximum Gasteiger partial charge on any atom is 0.226 e. The van der Waals surface area contributed by atoms with Crippen LogP contribution < -0.4 is 5.73 Å². The minimum atomic E-state index is 0.546. The number of rotatable bonds is 5. The van der Waals surface area contributed by atoms with Crippen LogP contribution in [0.1, 0.15) is 30.6 Å². The lowest BCUT2D eigenvalue weighted by atomic mass is 10.1. The van der Waals surface area contributed by atoms with Crippen LogP contribution in [0.25, 0.3) is 10.9 Å². The van der Waals surface area contributed by atoms with Crippen molar-refractivity contribution in [2.24, 2.45) is 5.73 Å². The van der Waals surface area contributed by atoms with Crippen molar-refractivity contribution in [3.8, 4) is 0 Å². The molecule has 0 unspecified atom stereocenters. The zero-order chi connectivity index (χ0) is 13.9. The minimum absolute atomic E-state index is 0.546. The summed E-state index contributed by atoms with van der Waals surface area (Å²) in [4.78, 5) is 4.40. The Labute approximate surface area is 117 Å². The molecule has 2 N–H and O–H groups in total. The molecule has 5 heteroatoms. The molecule has 3 aromatic rings. The van der Waals surface area contributed by atoms with E-state index in [1.807, 2.05) is 6.20 Å². The summed E-state index contributed by atoms with van der Waals surface area (Å²) in [5, 5.41) is 5.22. The van der Waals surface area contributed by atoms with Gasteiger partial charge in [0.25, 0.3) is 0 Å². The maximum atomic E-state index is 5.70. The van der Waals surface area contributed by atoms with Crippen molar-refractivity contribution in [2.75, 3.05) is 0 Å². The van der Waals surface area contributed by atoms with Crippen LogP contribution in [0.2, 0.25) is 0 Å². The second kappa shape index (κ2) is 5.46. The van der Waals surface area contributed by atoms with E-state index < -0.39 is 0 Å². The number of benzene rings is 1. The van der Waals surface area contributed by atoms with Crippen LogP contribution >= 0.6 is 0 Å². The van der Waals surface area contributed by atoms with Gasteiger partial charge in [0.15, 0.2) is 5.82 Å². The fourth-order valence-corrected chi connectivity index (χ4v) is 2.32. The molecule has 1 aromatic carbocycles. The highest BCUT2D eigenvalue weighted by Gasteiger charge is 2.08. The number of fused-ring (bicyclic) bond motifs is 1. The van der Waals surface area contributed by atoms with Crippen LogP contribution in [-0.2, 0) is 19.5 Å². The largest absolute Gasteiger partial charge is 0.340 e. The summed E-state index contributed by atoms with van der Waals surface area (Å²) < 4.78 is 7.34. The van der Waals surface area contributed by atoms with Crippen LogP contribution in [-0.4, -0.2) is 14.7 Å². The monoisotopic (exact) mass is 270 g/mol. The van der Waals surface area contributed by atoms with Crippen LogP contribution in [0, 0.1) is 0 Å². The van der Waals surface area contributed by atoms with Gasteiger partial charge in [-0.25, -0.2) is 0 Å². The number of nitrogens with two attached hydrogens (primary N) is 1. The molecule has 104 valence electrons. The first-order valence-corrected chi connectivity index (χ1v) is 6.89. The molecule has 0 aliphatic rings.